The number of hydrogen-bond acceptors (Lipinski definition) is 5. The molecule has 8 heteroatoms. The van der Waals surface area contributed by atoms with Crippen LogP contribution in [0, 0.1) is 5.92 Å². The standard InChI is InChI=1S/C22H32N4O4/c1-16(2)13-18(25-22(29)30-15-17-9-5-3-6-10-17)21(28)24-19(20(23)27)14-26-11-7-4-8-12-26/h3,5-6,9-10,14,16,18H,4,7-8,11-13,15H2,1-2H3,(H2,23,27)(H,24,28)(H,25,29)/t18-/m0/s1. The number of rotatable bonds is 9. The zero-order valence-corrected chi connectivity index (χ0v) is 17.7. The van der Waals surface area contributed by atoms with E-state index in [0.29, 0.717) is 6.42 Å². The molecule has 0 aromatic heterocycles. The third kappa shape index (κ3) is 8.14. The second-order valence-electron chi connectivity index (χ2n) is 7.88. The molecule has 0 unspecified atom stereocenters. The van der Waals surface area contributed by atoms with Gasteiger partial charge in [0.25, 0.3) is 5.91 Å². The van der Waals surface area contributed by atoms with Crippen molar-refractivity contribution in [2.75, 3.05) is 13.1 Å². The molecule has 2 rings (SSSR count). The SMILES string of the molecule is CC(C)C[C@H](NC(=O)OCc1ccccc1)C(=O)NC(=CN1CCCCC1)C(N)=O. The van der Waals surface area contributed by atoms with E-state index in [1.807, 2.05) is 49.1 Å². The Balaban J connectivity index is 1.99. The molecule has 1 aromatic carbocycles. The van der Waals surface area contributed by atoms with Crippen LogP contribution in [0.25, 0.3) is 0 Å². The molecule has 30 heavy (non-hydrogen) atoms. The monoisotopic (exact) mass is 416 g/mol. The van der Waals surface area contributed by atoms with Crippen LogP contribution in [0.2, 0.25) is 0 Å². The van der Waals surface area contributed by atoms with Crippen molar-refractivity contribution in [3.63, 3.8) is 0 Å². The summed E-state index contributed by atoms with van der Waals surface area (Å²) in [6.07, 6.45) is 4.50. The molecule has 0 spiro atoms. The Labute approximate surface area is 177 Å². The fourth-order valence-electron chi connectivity index (χ4n) is 3.22. The minimum Gasteiger partial charge on any atom is -0.445 e. The molecule has 4 N–H and O–H groups in total. The van der Waals surface area contributed by atoms with Gasteiger partial charge in [0.05, 0.1) is 0 Å². The lowest BCUT2D eigenvalue weighted by Crippen LogP contribution is -2.48. The van der Waals surface area contributed by atoms with Crippen LogP contribution in [0.1, 0.15) is 45.1 Å². The Hall–Kier alpha value is -3.03. The van der Waals surface area contributed by atoms with Gasteiger partial charge in [0, 0.05) is 19.3 Å². The third-order valence-corrected chi connectivity index (χ3v) is 4.75. The van der Waals surface area contributed by atoms with E-state index in [-0.39, 0.29) is 18.2 Å². The molecule has 1 atom stereocenters. The molecular weight excluding hydrogens is 384 g/mol. The van der Waals surface area contributed by atoms with E-state index in [9.17, 15) is 14.4 Å². The molecular formula is C22H32N4O4. The summed E-state index contributed by atoms with van der Waals surface area (Å²) in [4.78, 5) is 38.8. The quantitative estimate of drug-likeness (QED) is 0.534. The van der Waals surface area contributed by atoms with Gasteiger partial charge in [-0.15, -0.1) is 0 Å². The third-order valence-electron chi connectivity index (χ3n) is 4.75. The maximum absolute atomic E-state index is 12.8. The molecule has 0 saturated carbocycles. The van der Waals surface area contributed by atoms with Crippen LogP contribution in [0.15, 0.2) is 42.2 Å². The lowest BCUT2D eigenvalue weighted by molar-refractivity contribution is -0.124. The molecule has 1 fully saturated rings. The van der Waals surface area contributed by atoms with Crippen molar-refractivity contribution in [1.82, 2.24) is 15.5 Å². The van der Waals surface area contributed by atoms with Crippen molar-refractivity contribution in [2.24, 2.45) is 11.7 Å². The van der Waals surface area contributed by atoms with Crippen LogP contribution in [-0.4, -0.2) is 41.9 Å². The van der Waals surface area contributed by atoms with Crippen LogP contribution in [0.4, 0.5) is 4.79 Å². The van der Waals surface area contributed by atoms with E-state index >= 15 is 0 Å². The number of piperidine rings is 1. The minimum atomic E-state index is -0.850. The average molecular weight is 417 g/mol. The number of hydrogen-bond donors (Lipinski definition) is 3. The highest BCUT2D eigenvalue weighted by atomic mass is 16.5. The lowest BCUT2D eigenvalue weighted by atomic mass is 10.0. The lowest BCUT2D eigenvalue weighted by Gasteiger charge is -2.26. The largest absolute Gasteiger partial charge is 0.445 e. The van der Waals surface area contributed by atoms with E-state index < -0.39 is 23.9 Å². The number of nitrogens with one attached hydrogen (secondary N) is 2. The van der Waals surface area contributed by atoms with Crippen molar-refractivity contribution >= 4 is 17.9 Å². The number of ether oxygens (including phenoxy) is 1. The molecule has 1 heterocycles. The predicted molar refractivity (Wildman–Crippen MR) is 114 cm³/mol. The molecule has 3 amide bonds. The molecule has 1 saturated heterocycles. The number of benzene rings is 1. The van der Waals surface area contributed by atoms with Crippen LogP contribution < -0.4 is 16.4 Å². The van der Waals surface area contributed by atoms with Gasteiger partial charge in [-0.3, -0.25) is 9.59 Å². The first-order valence-electron chi connectivity index (χ1n) is 10.4. The summed E-state index contributed by atoms with van der Waals surface area (Å²) in [6, 6.07) is 8.42. The van der Waals surface area contributed by atoms with Crippen molar-refractivity contribution in [3.8, 4) is 0 Å². The highest BCUT2D eigenvalue weighted by Crippen LogP contribution is 2.11. The normalized spacial score (nSPS) is 15.4. The van der Waals surface area contributed by atoms with Crippen molar-refractivity contribution in [1.29, 1.82) is 0 Å². The molecule has 1 aliphatic heterocycles. The second-order valence-corrected chi connectivity index (χ2v) is 7.88. The Bertz CT molecular complexity index is 743. The van der Waals surface area contributed by atoms with Crippen LogP contribution in [-0.2, 0) is 20.9 Å². The zero-order valence-electron chi connectivity index (χ0n) is 17.7. The Morgan fingerprint density at radius 2 is 1.80 bits per heavy atom. The van der Waals surface area contributed by atoms with Crippen LogP contribution in [0.5, 0.6) is 0 Å². The zero-order chi connectivity index (χ0) is 21.9. The average Bonchev–Trinajstić information content (AvgIpc) is 2.72. The fourth-order valence-corrected chi connectivity index (χ4v) is 3.22. The summed E-state index contributed by atoms with van der Waals surface area (Å²) in [5.74, 6) is -1.08. The fraction of sp³-hybridized carbons (Fsp3) is 0.500. The summed E-state index contributed by atoms with van der Waals surface area (Å²) >= 11 is 0. The van der Waals surface area contributed by atoms with E-state index in [1.165, 1.54) is 0 Å². The second kappa shape index (κ2) is 11.8. The topological polar surface area (TPSA) is 114 Å². The van der Waals surface area contributed by atoms with Gasteiger partial charge in [-0.2, -0.15) is 0 Å². The van der Waals surface area contributed by atoms with Gasteiger partial charge >= 0.3 is 6.09 Å². The van der Waals surface area contributed by atoms with E-state index in [1.54, 1.807) is 6.20 Å². The van der Waals surface area contributed by atoms with Crippen molar-refractivity contribution in [2.45, 2.75) is 52.2 Å². The molecule has 0 aliphatic carbocycles. The van der Waals surface area contributed by atoms with Gasteiger partial charge in [0.15, 0.2) is 0 Å². The van der Waals surface area contributed by atoms with Gasteiger partial charge in [-0.05, 0) is 37.2 Å². The van der Waals surface area contributed by atoms with Crippen molar-refractivity contribution < 1.29 is 19.1 Å². The number of amides is 3. The van der Waals surface area contributed by atoms with Gasteiger partial charge in [-0.25, -0.2) is 4.79 Å². The van der Waals surface area contributed by atoms with Crippen LogP contribution in [0.3, 0.4) is 0 Å². The van der Waals surface area contributed by atoms with Gasteiger partial charge < -0.3 is 26.0 Å². The van der Waals surface area contributed by atoms with E-state index in [2.05, 4.69) is 10.6 Å². The number of carbonyl (C=O) groups excluding carboxylic acids is 3. The minimum absolute atomic E-state index is 0.0232. The van der Waals surface area contributed by atoms with Crippen LogP contribution >= 0.6 is 0 Å². The molecule has 1 aromatic rings. The molecule has 0 radical (unpaired) electrons. The molecule has 0 bridgehead atoms. The first kappa shape index (κ1) is 23.3. The summed E-state index contributed by atoms with van der Waals surface area (Å²) in [5, 5.41) is 5.18. The number of carbonyl (C=O) groups is 3. The summed E-state index contributed by atoms with van der Waals surface area (Å²) in [7, 11) is 0. The summed E-state index contributed by atoms with van der Waals surface area (Å²) < 4.78 is 5.22. The number of nitrogens with two attached hydrogens (primary N) is 1. The Kier molecular flexibility index (Phi) is 9.18. The summed E-state index contributed by atoms with van der Waals surface area (Å²) in [5.41, 5.74) is 6.32. The number of nitrogens with zero attached hydrogens (tertiary/aromatic N) is 1. The highest BCUT2D eigenvalue weighted by molar-refractivity contribution is 5.98. The highest BCUT2D eigenvalue weighted by Gasteiger charge is 2.25. The first-order valence-corrected chi connectivity index (χ1v) is 10.4. The van der Waals surface area contributed by atoms with Gasteiger partial charge in [-0.1, -0.05) is 44.2 Å². The number of likely N-dealkylation sites (tertiary alicyclic amines) is 1. The van der Waals surface area contributed by atoms with Gasteiger partial charge in [0.1, 0.15) is 18.3 Å². The first-order chi connectivity index (χ1) is 14.3. The van der Waals surface area contributed by atoms with E-state index in [0.717, 1.165) is 37.9 Å². The molecule has 1 aliphatic rings. The number of primary amides is 1. The predicted octanol–water partition coefficient (Wildman–Crippen LogP) is 2.26. The smallest absolute Gasteiger partial charge is 0.408 e. The van der Waals surface area contributed by atoms with E-state index in [4.69, 9.17) is 10.5 Å². The maximum Gasteiger partial charge on any atom is 0.408 e. The number of alkyl carbamates (subject to hydrolysis) is 1. The van der Waals surface area contributed by atoms with Gasteiger partial charge in [0.2, 0.25) is 5.91 Å². The van der Waals surface area contributed by atoms with Crippen molar-refractivity contribution in [3.05, 3.63) is 47.8 Å². The molecule has 164 valence electrons. The molecule has 8 nitrogen and oxygen atoms in total. The summed E-state index contributed by atoms with van der Waals surface area (Å²) in [6.45, 7) is 5.61. The Morgan fingerprint density at radius 3 is 2.40 bits per heavy atom. The maximum atomic E-state index is 12.8. The Morgan fingerprint density at radius 1 is 1.13 bits per heavy atom.